The minimum atomic E-state index is 0.00935. The molecule has 0 aromatic heterocycles. The van der Waals surface area contributed by atoms with Crippen molar-refractivity contribution in [3.05, 3.63) is 66.2 Å². The molecule has 2 rings (SSSR count). The number of rotatable bonds is 8. The van der Waals surface area contributed by atoms with Crippen LogP contribution in [0.15, 0.2) is 60.7 Å². The Morgan fingerprint density at radius 2 is 1.68 bits per heavy atom. The summed E-state index contributed by atoms with van der Waals surface area (Å²) >= 11 is 0. The monoisotopic (exact) mass is 298 g/mol. The quantitative estimate of drug-likeness (QED) is 0.760. The highest BCUT2D eigenvalue weighted by Gasteiger charge is 2.06. The van der Waals surface area contributed by atoms with E-state index in [0.717, 1.165) is 12.3 Å². The molecule has 0 bridgehead atoms. The van der Waals surface area contributed by atoms with Crippen LogP contribution in [0.2, 0.25) is 0 Å². The van der Waals surface area contributed by atoms with E-state index in [-0.39, 0.29) is 5.91 Å². The summed E-state index contributed by atoms with van der Waals surface area (Å²) in [4.78, 5) is 13.8. The third kappa shape index (κ3) is 5.97. The van der Waals surface area contributed by atoms with Gasteiger partial charge in [-0.05, 0) is 24.7 Å². The lowest BCUT2D eigenvalue weighted by molar-refractivity contribution is -0.122. The number of ether oxygens (including phenoxy) is 1. The number of carbonyl (C=O) groups excluding carboxylic acids is 1. The zero-order valence-electron chi connectivity index (χ0n) is 12.9. The molecule has 0 aliphatic rings. The van der Waals surface area contributed by atoms with E-state index in [0.29, 0.717) is 19.7 Å². The fraction of sp³-hybridized carbons (Fsp3) is 0.278. The molecule has 0 atom stereocenters. The fourth-order valence-corrected chi connectivity index (χ4v) is 2.13. The molecule has 1 N–H and O–H groups in total. The fourth-order valence-electron chi connectivity index (χ4n) is 2.13. The summed E-state index contributed by atoms with van der Waals surface area (Å²) in [5, 5.41) is 2.86. The van der Waals surface area contributed by atoms with Crippen molar-refractivity contribution in [1.82, 2.24) is 10.2 Å². The summed E-state index contributed by atoms with van der Waals surface area (Å²) in [6.07, 6.45) is 0. The van der Waals surface area contributed by atoms with Gasteiger partial charge < -0.3 is 10.1 Å². The maximum absolute atomic E-state index is 11.8. The second kappa shape index (κ2) is 8.85. The van der Waals surface area contributed by atoms with Crippen LogP contribution >= 0.6 is 0 Å². The van der Waals surface area contributed by atoms with Crippen molar-refractivity contribution in [2.75, 3.05) is 26.7 Å². The van der Waals surface area contributed by atoms with Crippen LogP contribution < -0.4 is 10.1 Å². The number of para-hydroxylation sites is 1. The van der Waals surface area contributed by atoms with E-state index in [2.05, 4.69) is 17.4 Å². The van der Waals surface area contributed by atoms with Crippen LogP contribution in [0.1, 0.15) is 5.56 Å². The zero-order valence-corrected chi connectivity index (χ0v) is 12.9. The van der Waals surface area contributed by atoms with E-state index in [9.17, 15) is 4.79 Å². The number of nitrogens with one attached hydrogen (secondary N) is 1. The van der Waals surface area contributed by atoms with Gasteiger partial charge in [-0.2, -0.15) is 0 Å². The SMILES string of the molecule is CN(CC(=O)NCCOc1ccccc1)Cc1ccccc1. The van der Waals surface area contributed by atoms with Crippen LogP contribution in [0.5, 0.6) is 5.75 Å². The molecule has 0 aliphatic carbocycles. The van der Waals surface area contributed by atoms with Gasteiger partial charge in [-0.25, -0.2) is 0 Å². The summed E-state index contributed by atoms with van der Waals surface area (Å²) in [5.74, 6) is 0.827. The van der Waals surface area contributed by atoms with Crippen LogP contribution in [0, 0.1) is 0 Å². The summed E-state index contributed by atoms with van der Waals surface area (Å²) < 4.78 is 5.53. The van der Waals surface area contributed by atoms with E-state index in [1.807, 2.05) is 60.5 Å². The molecule has 4 heteroatoms. The predicted octanol–water partition coefficient (Wildman–Crippen LogP) is 2.31. The second-order valence-corrected chi connectivity index (χ2v) is 5.17. The van der Waals surface area contributed by atoms with E-state index >= 15 is 0 Å². The van der Waals surface area contributed by atoms with Crippen molar-refractivity contribution in [2.45, 2.75) is 6.54 Å². The first-order valence-corrected chi connectivity index (χ1v) is 7.41. The van der Waals surface area contributed by atoms with Crippen LogP contribution in [0.4, 0.5) is 0 Å². The van der Waals surface area contributed by atoms with Gasteiger partial charge in [-0.3, -0.25) is 9.69 Å². The molecule has 22 heavy (non-hydrogen) atoms. The lowest BCUT2D eigenvalue weighted by Crippen LogP contribution is -2.36. The summed E-state index contributed by atoms with van der Waals surface area (Å²) in [6.45, 7) is 2.11. The highest BCUT2D eigenvalue weighted by molar-refractivity contribution is 5.77. The summed E-state index contributed by atoms with van der Waals surface area (Å²) in [7, 11) is 1.94. The van der Waals surface area contributed by atoms with Gasteiger partial charge in [-0.1, -0.05) is 48.5 Å². The highest BCUT2D eigenvalue weighted by Crippen LogP contribution is 2.07. The summed E-state index contributed by atoms with van der Waals surface area (Å²) in [5.41, 5.74) is 1.20. The molecule has 116 valence electrons. The lowest BCUT2D eigenvalue weighted by Gasteiger charge is -2.16. The molecule has 0 radical (unpaired) electrons. The summed E-state index contributed by atoms with van der Waals surface area (Å²) in [6, 6.07) is 19.7. The molecule has 0 unspecified atom stereocenters. The van der Waals surface area contributed by atoms with E-state index in [1.54, 1.807) is 0 Å². The van der Waals surface area contributed by atoms with Gasteiger partial charge in [0.15, 0.2) is 0 Å². The first kappa shape index (κ1) is 16.0. The normalized spacial score (nSPS) is 10.5. The lowest BCUT2D eigenvalue weighted by atomic mass is 10.2. The van der Waals surface area contributed by atoms with Gasteiger partial charge in [-0.15, -0.1) is 0 Å². The number of benzene rings is 2. The predicted molar refractivity (Wildman–Crippen MR) is 87.7 cm³/mol. The van der Waals surface area contributed by atoms with Gasteiger partial charge in [0.2, 0.25) is 5.91 Å². The Balaban J connectivity index is 1.61. The Bertz CT molecular complexity index is 558. The Morgan fingerprint density at radius 1 is 1.05 bits per heavy atom. The molecule has 4 nitrogen and oxygen atoms in total. The molecule has 0 aliphatic heterocycles. The molecule has 0 fully saturated rings. The van der Waals surface area contributed by atoms with Crippen LogP contribution in [-0.4, -0.2) is 37.6 Å². The van der Waals surface area contributed by atoms with Crippen LogP contribution in [0.25, 0.3) is 0 Å². The van der Waals surface area contributed by atoms with Crippen molar-refractivity contribution >= 4 is 5.91 Å². The number of hydrogen-bond donors (Lipinski definition) is 1. The van der Waals surface area contributed by atoms with E-state index in [4.69, 9.17) is 4.74 Å². The van der Waals surface area contributed by atoms with Gasteiger partial charge in [0.05, 0.1) is 13.1 Å². The average Bonchev–Trinajstić information content (AvgIpc) is 2.53. The molecule has 1 amide bonds. The molecule has 2 aromatic rings. The minimum absolute atomic E-state index is 0.00935. The standard InChI is InChI=1S/C18H22N2O2/c1-20(14-16-8-4-2-5-9-16)15-18(21)19-12-13-22-17-10-6-3-7-11-17/h2-11H,12-15H2,1H3,(H,19,21). The Labute approximate surface area is 131 Å². The third-order valence-corrected chi connectivity index (χ3v) is 3.15. The maximum Gasteiger partial charge on any atom is 0.234 e. The van der Waals surface area contributed by atoms with Crippen LogP contribution in [0.3, 0.4) is 0 Å². The van der Waals surface area contributed by atoms with E-state index < -0.39 is 0 Å². The molecule has 0 spiro atoms. The van der Waals surface area contributed by atoms with Crippen LogP contribution in [-0.2, 0) is 11.3 Å². The van der Waals surface area contributed by atoms with Crippen molar-refractivity contribution in [3.63, 3.8) is 0 Å². The van der Waals surface area contributed by atoms with E-state index in [1.165, 1.54) is 5.56 Å². The maximum atomic E-state index is 11.8. The number of nitrogens with zero attached hydrogens (tertiary/aromatic N) is 1. The Hall–Kier alpha value is -2.33. The van der Waals surface area contributed by atoms with Crippen molar-refractivity contribution in [1.29, 1.82) is 0 Å². The molecular weight excluding hydrogens is 276 g/mol. The molecular formula is C18H22N2O2. The topological polar surface area (TPSA) is 41.6 Å². The van der Waals surface area contributed by atoms with Crippen molar-refractivity contribution < 1.29 is 9.53 Å². The third-order valence-electron chi connectivity index (χ3n) is 3.15. The average molecular weight is 298 g/mol. The number of likely N-dealkylation sites (N-methyl/N-ethyl adjacent to an activating group) is 1. The molecule has 0 saturated heterocycles. The Kier molecular flexibility index (Phi) is 6.45. The number of hydrogen-bond acceptors (Lipinski definition) is 3. The minimum Gasteiger partial charge on any atom is -0.492 e. The number of carbonyl (C=O) groups is 1. The largest absolute Gasteiger partial charge is 0.492 e. The van der Waals surface area contributed by atoms with Crippen molar-refractivity contribution in [2.24, 2.45) is 0 Å². The van der Waals surface area contributed by atoms with Gasteiger partial charge in [0.1, 0.15) is 12.4 Å². The smallest absolute Gasteiger partial charge is 0.234 e. The van der Waals surface area contributed by atoms with Gasteiger partial charge in [0.25, 0.3) is 0 Å². The Morgan fingerprint density at radius 3 is 2.36 bits per heavy atom. The first-order chi connectivity index (χ1) is 10.7. The number of amides is 1. The first-order valence-electron chi connectivity index (χ1n) is 7.41. The van der Waals surface area contributed by atoms with Crippen molar-refractivity contribution in [3.8, 4) is 5.75 Å². The zero-order chi connectivity index (χ0) is 15.6. The molecule has 0 heterocycles. The molecule has 2 aromatic carbocycles. The highest BCUT2D eigenvalue weighted by atomic mass is 16.5. The second-order valence-electron chi connectivity index (χ2n) is 5.17. The van der Waals surface area contributed by atoms with Gasteiger partial charge >= 0.3 is 0 Å². The van der Waals surface area contributed by atoms with Gasteiger partial charge in [0, 0.05) is 6.54 Å². The molecule has 0 saturated carbocycles.